The molecule has 1 aliphatic rings. The molecule has 1 amide bonds. The van der Waals surface area contributed by atoms with E-state index < -0.39 is 17.6 Å². The van der Waals surface area contributed by atoms with E-state index in [0.29, 0.717) is 6.54 Å². The zero-order valence-corrected chi connectivity index (χ0v) is 15.1. The summed E-state index contributed by atoms with van der Waals surface area (Å²) in [6.07, 6.45) is -4.41. The molecule has 0 saturated carbocycles. The number of hydrogen-bond donors (Lipinski definition) is 1. The van der Waals surface area contributed by atoms with Crippen molar-refractivity contribution in [2.45, 2.75) is 12.7 Å². The third-order valence-electron chi connectivity index (χ3n) is 4.75. The molecule has 0 bridgehead atoms. The van der Waals surface area contributed by atoms with Crippen molar-refractivity contribution in [3.8, 4) is 0 Å². The molecule has 0 aromatic heterocycles. The molecule has 2 aromatic carbocycles. The van der Waals surface area contributed by atoms with Crippen LogP contribution in [0.15, 0.2) is 48.5 Å². The highest BCUT2D eigenvalue weighted by Crippen LogP contribution is 2.29. The van der Waals surface area contributed by atoms with Gasteiger partial charge in [-0.25, -0.2) is 0 Å². The van der Waals surface area contributed by atoms with Crippen LogP contribution in [0.4, 0.5) is 18.9 Å². The molecule has 7 heteroatoms. The topological polar surface area (TPSA) is 35.6 Å². The Labute approximate surface area is 156 Å². The summed E-state index contributed by atoms with van der Waals surface area (Å²) in [5.74, 6) is -0.392. The summed E-state index contributed by atoms with van der Waals surface area (Å²) in [5, 5.41) is 2.80. The Balaban J connectivity index is 1.65. The number of nitrogens with one attached hydrogen (secondary N) is 1. The maximum Gasteiger partial charge on any atom is 0.416 e. The molecule has 0 spiro atoms. The van der Waals surface area contributed by atoms with Gasteiger partial charge >= 0.3 is 6.18 Å². The van der Waals surface area contributed by atoms with E-state index in [1.165, 1.54) is 12.1 Å². The van der Waals surface area contributed by atoms with Gasteiger partial charge in [-0.1, -0.05) is 18.2 Å². The van der Waals surface area contributed by atoms with E-state index in [-0.39, 0.29) is 5.56 Å². The molecule has 1 heterocycles. The van der Waals surface area contributed by atoms with Crippen molar-refractivity contribution < 1.29 is 18.0 Å². The lowest BCUT2D eigenvalue weighted by atomic mass is 10.1. The fourth-order valence-corrected chi connectivity index (χ4v) is 3.10. The quantitative estimate of drug-likeness (QED) is 0.887. The molecule has 27 heavy (non-hydrogen) atoms. The van der Waals surface area contributed by atoms with Crippen molar-refractivity contribution in [3.63, 3.8) is 0 Å². The first kappa shape index (κ1) is 19.2. The van der Waals surface area contributed by atoms with Gasteiger partial charge in [0, 0.05) is 44.0 Å². The van der Waals surface area contributed by atoms with E-state index in [1.54, 1.807) is 0 Å². The van der Waals surface area contributed by atoms with Crippen molar-refractivity contribution in [1.82, 2.24) is 10.2 Å². The molecule has 4 nitrogen and oxygen atoms in total. The van der Waals surface area contributed by atoms with Crippen LogP contribution in [0.3, 0.4) is 0 Å². The molecular weight excluding hydrogens is 355 g/mol. The molecule has 1 fully saturated rings. The molecule has 0 atom stereocenters. The first-order valence-electron chi connectivity index (χ1n) is 8.81. The standard InChI is InChI=1S/C20H22F3N3O/c1-25-10-12-26(13-11-25)18-5-3-2-4-16(18)14-24-19(27)15-6-8-17(9-7-15)20(21,22)23/h2-9H,10-14H2,1H3,(H,24,27). The third kappa shape index (κ3) is 4.80. The highest BCUT2D eigenvalue weighted by Gasteiger charge is 2.30. The van der Waals surface area contributed by atoms with Gasteiger partial charge in [-0.05, 0) is 42.9 Å². The van der Waals surface area contributed by atoms with Crippen LogP contribution in [0, 0.1) is 0 Å². The lowest BCUT2D eigenvalue weighted by molar-refractivity contribution is -0.137. The van der Waals surface area contributed by atoms with E-state index in [9.17, 15) is 18.0 Å². The molecule has 144 valence electrons. The Morgan fingerprint density at radius 2 is 1.63 bits per heavy atom. The van der Waals surface area contributed by atoms with Gasteiger partial charge in [-0.15, -0.1) is 0 Å². The van der Waals surface area contributed by atoms with Gasteiger partial charge in [0.2, 0.25) is 0 Å². The SMILES string of the molecule is CN1CCN(c2ccccc2CNC(=O)c2ccc(C(F)(F)F)cc2)CC1. The maximum absolute atomic E-state index is 12.6. The lowest BCUT2D eigenvalue weighted by Gasteiger charge is -2.35. The molecule has 1 aliphatic heterocycles. The minimum absolute atomic E-state index is 0.208. The number of benzene rings is 2. The Morgan fingerprint density at radius 1 is 1.00 bits per heavy atom. The number of para-hydroxylation sites is 1. The molecule has 2 aromatic rings. The number of likely N-dealkylation sites (N-methyl/N-ethyl adjacent to an activating group) is 1. The summed E-state index contributed by atoms with van der Waals surface area (Å²) >= 11 is 0. The number of rotatable bonds is 4. The van der Waals surface area contributed by atoms with Gasteiger partial charge in [0.05, 0.1) is 5.56 Å². The predicted molar refractivity (Wildman–Crippen MR) is 98.8 cm³/mol. The van der Waals surface area contributed by atoms with Crippen LogP contribution in [0.2, 0.25) is 0 Å². The number of carbonyl (C=O) groups is 1. The van der Waals surface area contributed by atoms with E-state index in [0.717, 1.165) is 49.6 Å². The molecule has 1 saturated heterocycles. The van der Waals surface area contributed by atoms with Crippen LogP contribution in [-0.2, 0) is 12.7 Å². The van der Waals surface area contributed by atoms with Gasteiger partial charge in [0.1, 0.15) is 0 Å². The zero-order valence-electron chi connectivity index (χ0n) is 15.1. The average Bonchev–Trinajstić information content (AvgIpc) is 2.66. The normalized spacial score (nSPS) is 15.6. The van der Waals surface area contributed by atoms with E-state index in [4.69, 9.17) is 0 Å². The molecule has 3 rings (SSSR count). The Morgan fingerprint density at radius 3 is 2.26 bits per heavy atom. The molecule has 1 N–H and O–H groups in total. The smallest absolute Gasteiger partial charge is 0.369 e. The number of carbonyl (C=O) groups excluding carboxylic acids is 1. The van der Waals surface area contributed by atoms with Crippen molar-refractivity contribution >= 4 is 11.6 Å². The van der Waals surface area contributed by atoms with E-state index >= 15 is 0 Å². The Hall–Kier alpha value is -2.54. The van der Waals surface area contributed by atoms with Crippen LogP contribution in [0.1, 0.15) is 21.5 Å². The number of alkyl halides is 3. The lowest BCUT2D eigenvalue weighted by Crippen LogP contribution is -2.45. The van der Waals surface area contributed by atoms with Crippen LogP contribution in [-0.4, -0.2) is 44.0 Å². The van der Waals surface area contributed by atoms with Crippen LogP contribution in [0.5, 0.6) is 0 Å². The number of halogens is 3. The van der Waals surface area contributed by atoms with Crippen LogP contribution >= 0.6 is 0 Å². The van der Waals surface area contributed by atoms with Crippen LogP contribution < -0.4 is 10.2 Å². The minimum Gasteiger partial charge on any atom is -0.369 e. The number of hydrogen-bond acceptors (Lipinski definition) is 3. The van der Waals surface area contributed by atoms with Crippen LogP contribution in [0.25, 0.3) is 0 Å². The van der Waals surface area contributed by atoms with Crippen molar-refractivity contribution in [1.29, 1.82) is 0 Å². The van der Waals surface area contributed by atoms with Gasteiger partial charge in [0.15, 0.2) is 0 Å². The van der Waals surface area contributed by atoms with Crippen molar-refractivity contribution in [2.75, 3.05) is 38.1 Å². The molecule has 0 radical (unpaired) electrons. The monoisotopic (exact) mass is 377 g/mol. The molecule has 0 aliphatic carbocycles. The highest BCUT2D eigenvalue weighted by molar-refractivity contribution is 5.94. The fraction of sp³-hybridized carbons (Fsp3) is 0.350. The first-order valence-corrected chi connectivity index (χ1v) is 8.81. The summed E-state index contributed by atoms with van der Waals surface area (Å²) in [7, 11) is 2.09. The second kappa shape index (κ2) is 8.00. The fourth-order valence-electron chi connectivity index (χ4n) is 3.10. The largest absolute Gasteiger partial charge is 0.416 e. The average molecular weight is 377 g/mol. The summed E-state index contributed by atoms with van der Waals surface area (Å²) < 4.78 is 37.9. The number of nitrogens with zero attached hydrogens (tertiary/aromatic N) is 2. The van der Waals surface area contributed by atoms with Gasteiger partial charge < -0.3 is 15.1 Å². The van der Waals surface area contributed by atoms with E-state index in [2.05, 4.69) is 22.2 Å². The Bertz CT molecular complexity index is 782. The van der Waals surface area contributed by atoms with Crippen molar-refractivity contribution in [2.24, 2.45) is 0 Å². The highest BCUT2D eigenvalue weighted by atomic mass is 19.4. The predicted octanol–water partition coefficient (Wildman–Crippen LogP) is 3.39. The summed E-state index contributed by atoms with van der Waals surface area (Å²) in [6.45, 7) is 4.11. The second-order valence-electron chi connectivity index (χ2n) is 6.68. The molecule has 0 unspecified atom stereocenters. The van der Waals surface area contributed by atoms with Gasteiger partial charge in [-0.3, -0.25) is 4.79 Å². The maximum atomic E-state index is 12.6. The Kier molecular flexibility index (Phi) is 5.70. The zero-order chi connectivity index (χ0) is 19.4. The van der Waals surface area contributed by atoms with E-state index in [1.807, 2.05) is 24.3 Å². The van der Waals surface area contributed by atoms with Gasteiger partial charge in [-0.2, -0.15) is 13.2 Å². The van der Waals surface area contributed by atoms with Gasteiger partial charge in [0.25, 0.3) is 5.91 Å². The number of piperazine rings is 1. The number of anilines is 1. The number of amides is 1. The third-order valence-corrected chi connectivity index (χ3v) is 4.75. The summed E-state index contributed by atoms with van der Waals surface area (Å²) in [4.78, 5) is 16.9. The second-order valence-corrected chi connectivity index (χ2v) is 6.68. The van der Waals surface area contributed by atoms with Crippen molar-refractivity contribution in [3.05, 3.63) is 65.2 Å². The first-order chi connectivity index (χ1) is 12.8. The summed E-state index contributed by atoms with van der Waals surface area (Å²) in [6, 6.07) is 12.1. The minimum atomic E-state index is -4.41. The summed E-state index contributed by atoms with van der Waals surface area (Å²) in [5.41, 5.74) is 1.51. The molecular formula is C20H22F3N3O.